The normalized spacial score (nSPS) is 15.0. The van der Waals surface area contributed by atoms with Gasteiger partial charge in [-0.2, -0.15) is 0 Å². The summed E-state index contributed by atoms with van der Waals surface area (Å²) in [6.45, 7) is 0.472. The van der Waals surface area contributed by atoms with Crippen molar-refractivity contribution in [3.63, 3.8) is 0 Å². The average Bonchev–Trinajstić information content (AvgIpc) is 3.36. The Kier molecular flexibility index (Phi) is 8.25. The van der Waals surface area contributed by atoms with E-state index >= 15 is 0 Å². The highest BCUT2D eigenvalue weighted by molar-refractivity contribution is 7.10. The maximum absolute atomic E-state index is 13.6. The third kappa shape index (κ3) is 6.51. The highest BCUT2D eigenvalue weighted by Gasteiger charge is 2.32. The molecule has 0 radical (unpaired) electrons. The van der Waals surface area contributed by atoms with Gasteiger partial charge in [0.2, 0.25) is 11.8 Å². The van der Waals surface area contributed by atoms with Crippen LogP contribution >= 0.6 is 11.3 Å². The highest BCUT2D eigenvalue weighted by atomic mass is 32.1. The van der Waals surface area contributed by atoms with Crippen LogP contribution in [0, 0.1) is 0 Å². The smallest absolute Gasteiger partial charge is 0.247 e. The molecule has 1 aliphatic rings. The number of rotatable bonds is 9. The first-order chi connectivity index (χ1) is 16.2. The van der Waals surface area contributed by atoms with E-state index in [4.69, 9.17) is 0 Å². The predicted molar refractivity (Wildman–Crippen MR) is 132 cm³/mol. The fourth-order valence-corrected chi connectivity index (χ4v) is 5.20. The van der Waals surface area contributed by atoms with Crippen molar-refractivity contribution in [2.75, 3.05) is 6.54 Å². The van der Waals surface area contributed by atoms with Crippen molar-refractivity contribution in [2.24, 2.45) is 0 Å². The van der Waals surface area contributed by atoms with E-state index in [0.717, 1.165) is 41.7 Å². The molecule has 0 spiro atoms. The second-order valence-corrected chi connectivity index (χ2v) is 9.64. The fraction of sp³-hybridized carbons (Fsp3) is 0.370. The number of carbonyl (C=O) groups is 2. The first kappa shape index (κ1) is 23.2. The Morgan fingerprint density at radius 1 is 1.00 bits per heavy atom. The quantitative estimate of drug-likeness (QED) is 0.491. The Labute approximate surface area is 199 Å². The molecule has 0 bridgehead atoms. The van der Waals surface area contributed by atoms with Crippen LogP contribution in [0.2, 0.25) is 0 Å². The Hall–Kier alpha value is -2.99. The van der Waals surface area contributed by atoms with Gasteiger partial charge in [0.05, 0.1) is 6.42 Å². The van der Waals surface area contributed by atoms with E-state index in [9.17, 15) is 9.59 Å². The van der Waals surface area contributed by atoms with Gasteiger partial charge in [0.25, 0.3) is 0 Å². The van der Waals surface area contributed by atoms with Gasteiger partial charge in [0.15, 0.2) is 0 Å². The summed E-state index contributed by atoms with van der Waals surface area (Å²) < 4.78 is 0. The summed E-state index contributed by atoms with van der Waals surface area (Å²) in [5.41, 5.74) is 1.94. The summed E-state index contributed by atoms with van der Waals surface area (Å²) in [6.07, 6.45) is 9.87. The molecule has 1 N–H and O–H groups in total. The summed E-state index contributed by atoms with van der Waals surface area (Å²) in [7, 11) is 0. The predicted octanol–water partition coefficient (Wildman–Crippen LogP) is 4.95. The van der Waals surface area contributed by atoms with Crippen molar-refractivity contribution in [1.82, 2.24) is 15.2 Å². The molecule has 1 saturated carbocycles. The van der Waals surface area contributed by atoms with E-state index in [2.05, 4.69) is 22.4 Å². The minimum Gasteiger partial charge on any atom is -0.351 e. The Bertz CT molecular complexity index is 1000. The number of hydrogen-bond donors (Lipinski definition) is 1. The number of aromatic nitrogens is 1. The molecule has 1 atom stereocenters. The Balaban J connectivity index is 1.61. The van der Waals surface area contributed by atoms with Crippen LogP contribution in [0.25, 0.3) is 0 Å². The lowest BCUT2D eigenvalue weighted by Gasteiger charge is -2.33. The molecule has 1 unspecified atom stereocenters. The van der Waals surface area contributed by atoms with Crippen LogP contribution in [0.5, 0.6) is 0 Å². The molecule has 172 valence electrons. The van der Waals surface area contributed by atoms with Crippen LogP contribution in [-0.2, 0) is 22.4 Å². The molecule has 2 aromatic heterocycles. The summed E-state index contributed by atoms with van der Waals surface area (Å²) in [6, 6.07) is 17.2. The number of hydrogen-bond acceptors (Lipinski definition) is 4. The van der Waals surface area contributed by atoms with Crippen LogP contribution in [0.3, 0.4) is 0 Å². The first-order valence-electron chi connectivity index (χ1n) is 11.8. The van der Waals surface area contributed by atoms with Crippen molar-refractivity contribution in [3.8, 4) is 0 Å². The van der Waals surface area contributed by atoms with Gasteiger partial charge in [0.1, 0.15) is 6.04 Å². The van der Waals surface area contributed by atoms with Gasteiger partial charge in [-0.05, 0) is 54.0 Å². The van der Waals surface area contributed by atoms with Crippen LogP contribution in [0.4, 0.5) is 0 Å². The molecule has 5 nitrogen and oxygen atoms in total. The number of thiophene rings is 1. The van der Waals surface area contributed by atoms with Crippen LogP contribution in [-0.4, -0.2) is 34.3 Å². The molecule has 6 heteroatoms. The zero-order chi connectivity index (χ0) is 22.9. The van der Waals surface area contributed by atoms with Crippen LogP contribution in [0.1, 0.15) is 54.1 Å². The van der Waals surface area contributed by atoms with E-state index in [0.29, 0.717) is 19.4 Å². The summed E-state index contributed by atoms with van der Waals surface area (Å²) in [5.74, 6) is -0.130. The minimum atomic E-state index is -0.675. The molecule has 4 rings (SSSR count). The molecule has 1 aromatic carbocycles. The second-order valence-electron chi connectivity index (χ2n) is 8.61. The third-order valence-electron chi connectivity index (χ3n) is 6.24. The topological polar surface area (TPSA) is 62.3 Å². The molecule has 1 fully saturated rings. The van der Waals surface area contributed by atoms with Crippen molar-refractivity contribution in [2.45, 2.75) is 57.0 Å². The van der Waals surface area contributed by atoms with E-state index < -0.39 is 6.04 Å². The van der Waals surface area contributed by atoms with E-state index in [1.54, 1.807) is 28.6 Å². The maximum atomic E-state index is 13.6. The molecular formula is C27H31N3O2S. The molecule has 33 heavy (non-hydrogen) atoms. The first-order valence-corrected chi connectivity index (χ1v) is 12.6. The summed E-state index contributed by atoms with van der Waals surface area (Å²) in [5, 5.41) is 5.24. The van der Waals surface area contributed by atoms with Crippen LogP contribution < -0.4 is 5.32 Å². The second kappa shape index (κ2) is 11.8. The van der Waals surface area contributed by atoms with Gasteiger partial charge < -0.3 is 10.2 Å². The van der Waals surface area contributed by atoms with Gasteiger partial charge in [-0.3, -0.25) is 14.6 Å². The van der Waals surface area contributed by atoms with E-state index in [-0.39, 0.29) is 17.9 Å². The fourth-order valence-electron chi connectivity index (χ4n) is 4.50. The van der Waals surface area contributed by atoms with Crippen molar-refractivity contribution in [1.29, 1.82) is 0 Å². The Morgan fingerprint density at radius 2 is 1.76 bits per heavy atom. The molecular weight excluding hydrogens is 430 g/mol. The number of amides is 2. The zero-order valence-corrected chi connectivity index (χ0v) is 19.7. The van der Waals surface area contributed by atoms with Crippen LogP contribution in [0.15, 0.2) is 72.4 Å². The molecule has 3 aromatic rings. The lowest BCUT2D eigenvalue weighted by atomic mass is 9.94. The zero-order valence-electron chi connectivity index (χ0n) is 18.9. The monoisotopic (exact) mass is 461 g/mol. The lowest BCUT2D eigenvalue weighted by Crippen LogP contribution is -2.48. The number of nitrogens with one attached hydrogen (secondary N) is 1. The van der Waals surface area contributed by atoms with Gasteiger partial charge in [-0.25, -0.2) is 0 Å². The van der Waals surface area contributed by atoms with Gasteiger partial charge >= 0.3 is 0 Å². The number of benzene rings is 1. The summed E-state index contributed by atoms with van der Waals surface area (Å²) in [4.78, 5) is 34.1. The molecule has 0 aliphatic heterocycles. The maximum Gasteiger partial charge on any atom is 0.247 e. The minimum absolute atomic E-state index is 0.0333. The molecule has 1 aliphatic carbocycles. The molecule has 0 saturated heterocycles. The lowest BCUT2D eigenvalue weighted by molar-refractivity contribution is -0.140. The average molecular weight is 462 g/mol. The standard InChI is InChI=1S/C27H31N3O2S/c31-25(20-24-12-7-19-33-24)30(18-15-21-8-3-1-4-9-21)26(22-13-16-28-17-14-22)27(32)29-23-10-5-2-6-11-23/h1,3-4,7-9,12-14,16-17,19,23,26H,2,5-6,10-11,15,18,20H2,(H,29,32). The van der Waals surface area contributed by atoms with Crippen molar-refractivity contribution >= 4 is 23.2 Å². The largest absolute Gasteiger partial charge is 0.351 e. The SMILES string of the molecule is O=C(NC1CCCCC1)C(c1ccncc1)N(CCc1ccccc1)C(=O)Cc1cccs1. The highest BCUT2D eigenvalue weighted by Crippen LogP contribution is 2.25. The van der Waals surface area contributed by atoms with E-state index in [1.165, 1.54) is 6.42 Å². The third-order valence-corrected chi connectivity index (χ3v) is 7.12. The van der Waals surface area contributed by atoms with E-state index in [1.807, 2.05) is 47.8 Å². The van der Waals surface area contributed by atoms with Crippen molar-refractivity contribution < 1.29 is 9.59 Å². The Morgan fingerprint density at radius 3 is 2.45 bits per heavy atom. The number of nitrogens with zero attached hydrogens (tertiary/aromatic N) is 2. The van der Waals surface area contributed by atoms with Gasteiger partial charge in [0, 0.05) is 29.9 Å². The number of pyridine rings is 1. The summed E-state index contributed by atoms with van der Waals surface area (Å²) >= 11 is 1.57. The molecule has 2 heterocycles. The van der Waals surface area contributed by atoms with Crippen molar-refractivity contribution in [3.05, 3.63) is 88.4 Å². The van der Waals surface area contributed by atoms with Gasteiger partial charge in [-0.1, -0.05) is 55.7 Å². The van der Waals surface area contributed by atoms with Gasteiger partial charge in [-0.15, -0.1) is 11.3 Å². The number of carbonyl (C=O) groups excluding carboxylic acids is 2. The molecule has 2 amide bonds.